The van der Waals surface area contributed by atoms with Crippen molar-refractivity contribution in [1.29, 1.82) is 0 Å². The molecule has 1 aliphatic heterocycles. The first-order chi connectivity index (χ1) is 16.3. The molecule has 174 valence electrons. The number of benzene rings is 3. The van der Waals surface area contributed by atoms with Gasteiger partial charge in [0.2, 0.25) is 11.8 Å². The van der Waals surface area contributed by atoms with E-state index in [4.69, 9.17) is 0 Å². The summed E-state index contributed by atoms with van der Waals surface area (Å²) in [4.78, 5) is 40.0. The number of nitrogens with zero attached hydrogens (tertiary/aromatic N) is 1. The SMILES string of the molecule is Cc1ccc(N2C[C@H](C(=O)Nc3ccccc3C(=O)NCc3ccc(F)cc3)CC2=O)cc1C. The topological polar surface area (TPSA) is 78.5 Å². The quantitative estimate of drug-likeness (QED) is 0.575. The van der Waals surface area contributed by atoms with Crippen LogP contribution in [0.15, 0.2) is 66.7 Å². The number of hydrogen-bond acceptors (Lipinski definition) is 3. The number of aryl methyl sites for hydroxylation is 2. The Hall–Kier alpha value is -4.00. The van der Waals surface area contributed by atoms with Crippen LogP contribution in [0.2, 0.25) is 0 Å². The van der Waals surface area contributed by atoms with Crippen LogP contribution in [0.25, 0.3) is 0 Å². The molecule has 0 unspecified atom stereocenters. The van der Waals surface area contributed by atoms with Gasteiger partial charge in [-0.05, 0) is 66.9 Å². The van der Waals surface area contributed by atoms with E-state index in [0.717, 1.165) is 22.4 Å². The van der Waals surface area contributed by atoms with E-state index in [9.17, 15) is 18.8 Å². The Morgan fingerprint density at radius 1 is 1.00 bits per heavy atom. The Labute approximate surface area is 197 Å². The molecule has 3 amide bonds. The molecule has 1 saturated heterocycles. The number of para-hydroxylation sites is 1. The number of hydrogen-bond donors (Lipinski definition) is 2. The van der Waals surface area contributed by atoms with E-state index in [1.807, 2.05) is 32.0 Å². The van der Waals surface area contributed by atoms with Crippen molar-refractivity contribution in [2.75, 3.05) is 16.8 Å². The first-order valence-electron chi connectivity index (χ1n) is 11.1. The fourth-order valence-corrected chi connectivity index (χ4v) is 3.93. The summed E-state index contributed by atoms with van der Waals surface area (Å²) in [5.74, 6) is -1.64. The number of amides is 3. The number of rotatable bonds is 6. The highest BCUT2D eigenvalue weighted by molar-refractivity contribution is 6.07. The van der Waals surface area contributed by atoms with Crippen LogP contribution in [0.4, 0.5) is 15.8 Å². The monoisotopic (exact) mass is 459 g/mol. The summed E-state index contributed by atoms with van der Waals surface area (Å²) < 4.78 is 13.1. The molecule has 3 aromatic rings. The molecule has 7 heteroatoms. The summed E-state index contributed by atoms with van der Waals surface area (Å²) in [5.41, 5.74) is 4.45. The van der Waals surface area contributed by atoms with Gasteiger partial charge in [-0.3, -0.25) is 14.4 Å². The molecule has 1 aliphatic rings. The van der Waals surface area contributed by atoms with Crippen molar-refractivity contribution in [3.63, 3.8) is 0 Å². The zero-order chi connectivity index (χ0) is 24.2. The molecule has 0 aromatic heterocycles. The number of carbonyl (C=O) groups excluding carboxylic acids is 3. The second kappa shape index (κ2) is 9.87. The second-order valence-electron chi connectivity index (χ2n) is 8.52. The lowest BCUT2D eigenvalue weighted by atomic mass is 10.1. The predicted octanol–water partition coefficient (Wildman–Crippen LogP) is 4.36. The number of halogens is 1. The molecule has 6 nitrogen and oxygen atoms in total. The Morgan fingerprint density at radius 2 is 1.74 bits per heavy atom. The summed E-state index contributed by atoms with van der Waals surface area (Å²) in [6.45, 7) is 4.51. The zero-order valence-corrected chi connectivity index (χ0v) is 19.1. The molecule has 1 heterocycles. The summed E-state index contributed by atoms with van der Waals surface area (Å²) in [6, 6.07) is 18.4. The maximum atomic E-state index is 13.1. The fraction of sp³-hybridized carbons (Fsp3) is 0.222. The van der Waals surface area contributed by atoms with Gasteiger partial charge in [0.15, 0.2) is 0 Å². The summed E-state index contributed by atoms with van der Waals surface area (Å²) in [6.07, 6.45) is 0.109. The molecule has 0 spiro atoms. The van der Waals surface area contributed by atoms with Crippen LogP contribution >= 0.6 is 0 Å². The van der Waals surface area contributed by atoms with Gasteiger partial charge in [0, 0.05) is 25.2 Å². The van der Waals surface area contributed by atoms with Crippen molar-refractivity contribution in [2.24, 2.45) is 5.92 Å². The molecule has 0 aliphatic carbocycles. The summed E-state index contributed by atoms with van der Waals surface area (Å²) in [5, 5.41) is 5.61. The lowest BCUT2D eigenvalue weighted by molar-refractivity contribution is -0.122. The van der Waals surface area contributed by atoms with Gasteiger partial charge in [-0.25, -0.2) is 4.39 Å². The summed E-state index contributed by atoms with van der Waals surface area (Å²) >= 11 is 0. The molecule has 2 N–H and O–H groups in total. The van der Waals surface area contributed by atoms with Gasteiger partial charge >= 0.3 is 0 Å². The van der Waals surface area contributed by atoms with Gasteiger partial charge < -0.3 is 15.5 Å². The first-order valence-corrected chi connectivity index (χ1v) is 11.1. The standard InChI is InChI=1S/C27H26FN3O3/c1-17-7-12-22(13-18(17)2)31-16-20(14-25(31)32)26(33)30-24-6-4-3-5-23(24)27(34)29-15-19-8-10-21(28)11-9-19/h3-13,20H,14-16H2,1-2H3,(H,29,34)(H,30,33)/t20-/m1/s1. The zero-order valence-electron chi connectivity index (χ0n) is 19.1. The average Bonchev–Trinajstić information content (AvgIpc) is 3.22. The van der Waals surface area contributed by atoms with Gasteiger partial charge in [-0.2, -0.15) is 0 Å². The predicted molar refractivity (Wildman–Crippen MR) is 129 cm³/mol. The van der Waals surface area contributed by atoms with E-state index in [2.05, 4.69) is 10.6 Å². The van der Waals surface area contributed by atoms with Gasteiger partial charge in [0.25, 0.3) is 5.91 Å². The molecular formula is C27H26FN3O3. The lowest BCUT2D eigenvalue weighted by Gasteiger charge is -2.18. The van der Waals surface area contributed by atoms with Crippen molar-refractivity contribution < 1.29 is 18.8 Å². The minimum Gasteiger partial charge on any atom is -0.348 e. The molecule has 0 radical (unpaired) electrons. The van der Waals surface area contributed by atoms with E-state index in [0.29, 0.717) is 11.3 Å². The van der Waals surface area contributed by atoms with Crippen LogP contribution in [0.5, 0.6) is 0 Å². The molecule has 0 bridgehead atoms. The van der Waals surface area contributed by atoms with E-state index in [1.54, 1.807) is 41.3 Å². The van der Waals surface area contributed by atoms with Crippen molar-refractivity contribution in [3.05, 3.63) is 94.8 Å². The molecule has 1 atom stereocenters. The highest BCUT2D eigenvalue weighted by atomic mass is 19.1. The molecule has 1 fully saturated rings. The molecule has 34 heavy (non-hydrogen) atoms. The van der Waals surface area contributed by atoms with Gasteiger partial charge in [0.05, 0.1) is 17.2 Å². The highest BCUT2D eigenvalue weighted by Gasteiger charge is 2.35. The third kappa shape index (κ3) is 5.14. The van der Waals surface area contributed by atoms with Gasteiger partial charge in [0.1, 0.15) is 5.82 Å². The molecular weight excluding hydrogens is 433 g/mol. The van der Waals surface area contributed by atoms with Gasteiger partial charge in [-0.1, -0.05) is 30.3 Å². The lowest BCUT2D eigenvalue weighted by Crippen LogP contribution is -2.29. The van der Waals surface area contributed by atoms with Crippen LogP contribution in [0.3, 0.4) is 0 Å². The van der Waals surface area contributed by atoms with Crippen molar-refractivity contribution in [2.45, 2.75) is 26.8 Å². The van der Waals surface area contributed by atoms with Crippen LogP contribution < -0.4 is 15.5 Å². The van der Waals surface area contributed by atoms with Crippen molar-refractivity contribution >= 4 is 29.1 Å². The maximum absolute atomic E-state index is 13.1. The van der Waals surface area contributed by atoms with Crippen LogP contribution in [-0.4, -0.2) is 24.3 Å². The van der Waals surface area contributed by atoms with E-state index in [-0.39, 0.29) is 43.0 Å². The maximum Gasteiger partial charge on any atom is 0.253 e. The third-order valence-corrected chi connectivity index (χ3v) is 6.09. The number of nitrogens with one attached hydrogen (secondary N) is 2. The van der Waals surface area contributed by atoms with E-state index < -0.39 is 5.92 Å². The largest absolute Gasteiger partial charge is 0.348 e. The Morgan fingerprint density at radius 3 is 2.47 bits per heavy atom. The Kier molecular flexibility index (Phi) is 6.72. The van der Waals surface area contributed by atoms with E-state index >= 15 is 0 Å². The Balaban J connectivity index is 1.42. The second-order valence-corrected chi connectivity index (χ2v) is 8.52. The minimum atomic E-state index is -0.524. The van der Waals surface area contributed by atoms with Crippen LogP contribution in [-0.2, 0) is 16.1 Å². The van der Waals surface area contributed by atoms with Crippen molar-refractivity contribution in [3.8, 4) is 0 Å². The average molecular weight is 460 g/mol. The van der Waals surface area contributed by atoms with Gasteiger partial charge in [-0.15, -0.1) is 0 Å². The third-order valence-electron chi connectivity index (χ3n) is 6.09. The number of anilines is 2. The van der Waals surface area contributed by atoms with Crippen LogP contribution in [0.1, 0.15) is 33.5 Å². The van der Waals surface area contributed by atoms with Crippen LogP contribution in [0, 0.1) is 25.6 Å². The molecule has 4 rings (SSSR count). The highest BCUT2D eigenvalue weighted by Crippen LogP contribution is 2.28. The Bertz CT molecular complexity index is 1240. The molecule has 3 aromatic carbocycles. The summed E-state index contributed by atoms with van der Waals surface area (Å²) in [7, 11) is 0. The fourth-order valence-electron chi connectivity index (χ4n) is 3.93. The van der Waals surface area contributed by atoms with E-state index in [1.165, 1.54) is 12.1 Å². The minimum absolute atomic E-state index is 0.103. The first kappa shape index (κ1) is 23.2. The smallest absolute Gasteiger partial charge is 0.253 e. The number of carbonyl (C=O) groups is 3. The van der Waals surface area contributed by atoms with Crippen molar-refractivity contribution in [1.82, 2.24) is 5.32 Å². The molecule has 0 saturated carbocycles. The normalized spacial score (nSPS) is 15.3.